The predicted octanol–water partition coefficient (Wildman–Crippen LogP) is 4.06. The van der Waals surface area contributed by atoms with Crippen LogP contribution in [0, 0.1) is 25.6 Å². The molecule has 30 heavy (non-hydrogen) atoms. The van der Waals surface area contributed by atoms with Crippen LogP contribution in [0.15, 0.2) is 29.4 Å². The van der Waals surface area contributed by atoms with Gasteiger partial charge in [-0.3, -0.25) is 9.98 Å². The minimum absolute atomic E-state index is 0.134. The highest BCUT2D eigenvalue weighted by atomic mass is 19.1. The van der Waals surface area contributed by atoms with Crippen molar-refractivity contribution in [3.63, 3.8) is 0 Å². The molecule has 1 aliphatic rings. The summed E-state index contributed by atoms with van der Waals surface area (Å²) in [6, 6.07) is 4.97. The molecule has 6 nitrogen and oxygen atoms in total. The van der Waals surface area contributed by atoms with Crippen LogP contribution in [0.5, 0.6) is 11.5 Å². The van der Waals surface area contributed by atoms with E-state index >= 15 is 0 Å². The van der Waals surface area contributed by atoms with Crippen LogP contribution < -0.4 is 20.1 Å². The second kappa shape index (κ2) is 9.78. The van der Waals surface area contributed by atoms with E-state index < -0.39 is 0 Å². The van der Waals surface area contributed by atoms with Crippen molar-refractivity contribution in [3.8, 4) is 11.5 Å². The van der Waals surface area contributed by atoms with Crippen molar-refractivity contribution < 1.29 is 13.9 Å². The second-order valence-electron chi connectivity index (χ2n) is 7.78. The van der Waals surface area contributed by atoms with Crippen LogP contribution in [0.1, 0.15) is 48.2 Å². The van der Waals surface area contributed by atoms with Gasteiger partial charge in [0.25, 0.3) is 0 Å². The third-order valence-electron chi connectivity index (χ3n) is 5.38. The van der Waals surface area contributed by atoms with E-state index in [4.69, 9.17) is 9.47 Å². The summed E-state index contributed by atoms with van der Waals surface area (Å²) in [6.07, 6.45) is 4.16. The molecule has 0 bridgehead atoms. The highest BCUT2D eigenvalue weighted by molar-refractivity contribution is 5.80. The molecule has 0 amide bonds. The molecule has 1 atom stereocenters. The lowest BCUT2D eigenvalue weighted by molar-refractivity contribution is 0.285. The highest BCUT2D eigenvalue weighted by Crippen LogP contribution is 2.30. The second-order valence-corrected chi connectivity index (χ2v) is 7.78. The van der Waals surface area contributed by atoms with Crippen LogP contribution in [0.2, 0.25) is 0 Å². The van der Waals surface area contributed by atoms with E-state index in [0.717, 1.165) is 28.1 Å². The summed E-state index contributed by atoms with van der Waals surface area (Å²) in [4.78, 5) is 8.77. The van der Waals surface area contributed by atoms with E-state index in [0.29, 0.717) is 30.8 Å². The Balaban J connectivity index is 1.59. The van der Waals surface area contributed by atoms with Crippen LogP contribution in [-0.4, -0.2) is 31.7 Å². The lowest BCUT2D eigenvalue weighted by Crippen LogP contribution is -2.38. The zero-order chi connectivity index (χ0) is 21.7. The summed E-state index contributed by atoms with van der Waals surface area (Å²) >= 11 is 0. The molecule has 7 heteroatoms. The Kier molecular flexibility index (Phi) is 7.13. The monoisotopic (exact) mass is 414 g/mol. The van der Waals surface area contributed by atoms with Gasteiger partial charge in [0.2, 0.25) is 0 Å². The normalized spacial score (nSPS) is 14.9. The minimum Gasteiger partial charge on any atom is -0.496 e. The number of nitrogens with one attached hydrogen (secondary N) is 2. The first kappa shape index (κ1) is 21.9. The number of aliphatic imine (C=N–C) groups is 1. The molecule has 1 aromatic carbocycles. The van der Waals surface area contributed by atoms with Gasteiger partial charge in [-0.15, -0.1) is 0 Å². The summed E-state index contributed by atoms with van der Waals surface area (Å²) in [5.74, 6) is 2.02. The van der Waals surface area contributed by atoms with Crippen molar-refractivity contribution in [2.75, 3.05) is 20.8 Å². The lowest BCUT2D eigenvalue weighted by Gasteiger charge is -2.19. The van der Waals surface area contributed by atoms with E-state index in [-0.39, 0.29) is 11.9 Å². The summed E-state index contributed by atoms with van der Waals surface area (Å²) < 4.78 is 25.4. The number of pyridine rings is 1. The number of hydrogen-bond donors (Lipinski definition) is 2. The maximum absolute atomic E-state index is 14.4. The molecule has 3 rings (SSSR count). The van der Waals surface area contributed by atoms with Crippen molar-refractivity contribution in [1.29, 1.82) is 0 Å². The molecule has 0 radical (unpaired) electrons. The third-order valence-corrected chi connectivity index (χ3v) is 5.38. The number of guanidine groups is 1. The van der Waals surface area contributed by atoms with Crippen molar-refractivity contribution >= 4 is 5.96 Å². The van der Waals surface area contributed by atoms with Crippen LogP contribution >= 0.6 is 0 Å². The van der Waals surface area contributed by atoms with Crippen LogP contribution in [0.25, 0.3) is 0 Å². The van der Waals surface area contributed by atoms with Gasteiger partial charge in [0, 0.05) is 24.4 Å². The van der Waals surface area contributed by atoms with Crippen LogP contribution in [0.3, 0.4) is 0 Å². The Morgan fingerprint density at radius 2 is 2.10 bits per heavy atom. The van der Waals surface area contributed by atoms with Gasteiger partial charge < -0.3 is 20.1 Å². The van der Waals surface area contributed by atoms with E-state index in [1.54, 1.807) is 26.4 Å². The average Bonchev–Trinajstić information content (AvgIpc) is 3.56. The molecule has 1 aromatic heterocycles. The van der Waals surface area contributed by atoms with Crippen LogP contribution in [-0.2, 0) is 6.54 Å². The first-order valence-corrected chi connectivity index (χ1v) is 10.3. The Hall–Kier alpha value is -2.83. The fourth-order valence-corrected chi connectivity index (χ4v) is 3.30. The fourth-order valence-electron chi connectivity index (χ4n) is 3.30. The van der Waals surface area contributed by atoms with Crippen molar-refractivity contribution in [2.45, 2.75) is 46.2 Å². The Morgan fingerprint density at radius 1 is 1.33 bits per heavy atom. The van der Waals surface area contributed by atoms with E-state index in [2.05, 4.69) is 20.6 Å². The topological polar surface area (TPSA) is 67.8 Å². The summed E-state index contributed by atoms with van der Waals surface area (Å²) in [7, 11) is 3.36. The highest BCUT2D eigenvalue weighted by Gasteiger charge is 2.22. The molecular weight excluding hydrogens is 383 g/mol. The maximum Gasteiger partial charge on any atom is 0.191 e. The number of benzene rings is 1. The summed E-state index contributed by atoms with van der Waals surface area (Å²) in [5.41, 5.74) is 3.70. The zero-order valence-corrected chi connectivity index (χ0v) is 18.4. The first-order chi connectivity index (χ1) is 14.4. The molecule has 1 unspecified atom stereocenters. The van der Waals surface area contributed by atoms with E-state index in [1.165, 1.54) is 18.9 Å². The number of nitrogens with zero attached hydrogens (tertiary/aromatic N) is 2. The lowest BCUT2D eigenvalue weighted by atomic mass is 10.1. The minimum atomic E-state index is -0.337. The van der Waals surface area contributed by atoms with Gasteiger partial charge in [0.1, 0.15) is 5.75 Å². The quantitative estimate of drug-likeness (QED) is 0.504. The SMILES string of the molecule is CN=C(NCc1ncc(C)c(OC)c1C)NC(C)c1ccc(OCC2CC2)c(F)c1. The zero-order valence-electron chi connectivity index (χ0n) is 18.4. The van der Waals surface area contributed by atoms with Crippen molar-refractivity contribution in [2.24, 2.45) is 10.9 Å². The number of hydrogen-bond acceptors (Lipinski definition) is 4. The standard InChI is InChI=1S/C23H31FN4O2/c1-14-11-26-20(15(2)22(14)29-5)12-27-23(25-4)28-16(3)18-8-9-21(19(24)10-18)30-13-17-6-7-17/h8-11,16-17H,6-7,12-13H2,1-5H3,(H2,25,27,28). The molecule has 0 spiro atoms. The maximum atomic E-state index is 14.4. The molecule has 1 heterocycles. The van der Waals surface area contributed by atoms with Crippen molar-refractivity contribution in [3.05, 3.63) is 52.6 Å². The molecule has 1 fully saturated rings. The van der Waals surface area contributed by atoms with Gasteiger partial charge >= 0.3 is 0 Å². The summed E-state index contributed by atoms with van der Waals surface area (Å²) in [5, 5.41) is 6.56. The third kappa shape index (κ3) is 5.40. The number of rotatable bonds is 8. The molecule has 2 N–H and O–H groups in total. The molecule has 2 aromatic rings. The predicted molar refractivity (Wildman–Crippen MR) is 117 cm³/mol. The van der Waals surface area contributed by atoms with Gasteiger partial charge in [0.15, 0.2) is 17.5 Å². The molecule has 162 valence electrons. The average molecular weight is 415 g/mol. The molecule has 1 aliphatic carbocycles. The number of methoxy groups -OCH3 is 1. The Labute approximate surface area is 177 Å². The molecule has 0 saturated heterocycles. The van der Waals surface area contributed by atoms with E-state index in [9.17, 15) is 4.39 Å². The number of halogens is 1. The van der Waals surface area contributed by atoms with E-state index in [1.807, 2.05) is 26.8 Å². The van der Waals surface area contributed by atoms with Gasteiger partial charge in [-0.25, -0.2) is 4.39 Å². The first-order valence-electron chi connectivity index (χ1n) is 10.3. The fraction of sp³-hybridized carbons (Fsp3) is 0.478. The van der Waals surface area contributed by atoms with Gasteiger partial charge in [-0.05, 0) is 57.2 Å². The van der Waals surface area contributed by atoms with Gasteiger partial charge in [-0.2, -0.15) is 0 Å². The Bertz CT molecular complexity index is 912. The van der Waals surface area contributed by atoms with Crippen LogP contribution in [0.4, 0.5) is 4.39 Å². The smallest absolute Gasteiger partial charge is 0.191 e. The number of ether oxygens (including phenoxy) is 2. The number of aryl methyl sites for hydroxylation is 1. The molecular formula is C23H31FN4O2. The molecule has 0 aliphatic heterocycles. The van der Waals surface area contributed by atoms with Crippen molar-refractivity contribution in [1.82, 2.24) is 15.6 Å². The summed E-state index contributed by atoms with van der Waals surface area (Å²) in [6.45, 7) is 7.02. The van der Waals surface area contributed by atoms with Gasteiger partial charge in [-0.1, -0.05) is 6.07 Å². The number of aromatic nitrogens is 1. The molecule has 1 saturated carbocycles. The van der Waals surface area contributed by atoms with Gasteiger partial charge in [0.05, 0.1) is 32.0 Å². The largest absolute Gasteiger partial charge is 0.496 e. The Morgan fingerprint density at radius 3 is 2.73 bits per heavy atom.